The number of likely N-dealkylation sites (tertiary alicyclic amines) is 1. The number of methoxy groups -OCH3 is 1. The zero-order valence-corrected chi connectivity index (χ0v) is 16.0. The fourth-order valence-corrected chi connectivity index (χ4v) is 3.92. The van der Waals surface area contributed by atoms with Crippen LogP contribution in [0.3, 0.4) is 0 Å². The first kappa shape index (κ1) is 18.4. The Morgan fingerprint density at radius 2 is 1.71 bits per heavy atom. The summed E-state index contributed by atoms with van der Waals surface area (Å²) in [5, 5.41) is 0. The highest BCUT2D eigenvalue weighted by molar-refractivity contribution is 5.87. The first-order valence-electron chi connectivity index (χ1n) is 9.54. The van der Waals surface area contributed by atoms with Crippen molar-refractivity contribution in [2.75, 3.05) is 20.2 Å². The van der Waals surface area contributed by atoms with E-state index < -0.39 is 6.10 Å². The minimum Gasteiger partial charge on any atom is -0.482 e. The second kappa shape index (κ2) is 7.58. The van der Waals surface area contributed by atoms with Crippen LogP contribution in [0.15, 0.2) is 42.6 Å². The van der Waals surface area contributed by atoms with Crippen LogP contribution in [0.1, 0.15) is 36.3 Å². The lowest BCUT2D eigenvalue weighted by molar-refractivity contribution is -0.145. The second-order valence-corrected chi connectivity index (χ2v) is 7.16. The molecule has 0 spiro atoms. The maximum Gasteiger partial charge on any atom is 0.354 e. The fourth-order valence-electron chi connectivity index (χ4n) is 3.92. The molecule has 1 aromatic heterocycles. The van der Waals surface area contributed by atoms with E-state index in [1.54, 1.807) is 6.07 Å². The number of aromatic nitrogens is 1. The quantitative estimate of drug-likeness (QED) is 0.761. The Bertz CT molecular complexity index is 869. The largest absolute Gasteiger partial charge is 0.482 e. The molecular formula is C21H24N2O5. The van der Waals surface area contributed by atoms with Crippen molar-refractivity contribution in [3.8, 4) is 11.5 Å². The summed E-state index contributed by atoms with van der Waals surface area (Å²) in [5.74, 6) is 0.870. The summed E-state index contributed by atoms with van der Waals surface area (Å²) in [5.41, 5.74) is 0.543. The van der Waals surface area contributed by atoms with Gasteiger partial charge >= 0.3 is 5.97 Å². The molecule has 0 aliphatic carbocycles. The van der Waals surface area contributed by atoms with Crippen LogP contribution in [0, 0.1) is 0 Å². The highest BCUT2D eigenvalue weighted by Crippen LogP contribution is 2.34. The Kier molecular flexibility index (Phi) is 4.98. The summed E-state index contributed by atoms with van der Waals surface area (Å²) in [4.78, 5) is 26.8. The van der Waals surface area contributed by atoms with Crippen LogP contribution in [0.5, 0.6) is 11.5 Å². The van der Waals surface area contributed by atoms with E-state index in [1.807, 2.05) is 52.9 Å². The summed E-state index contributed by atoms with van der Waals surface area (Å²) in [6.45, 7) is 3.07. The molecule has 0 radical (unpaired) electrons. The van der Waals surface area contributed by atoms with Gasteiger partial charge in [0, 0.05) is 25.3 Å². The molecule has 3 heterocycles. The number of esters is 1. The number of fused-ring (bicyclic) bond motifs is 1. The normalized spacial score (nSPS) is 22.0. The number of nitrogens with zero attached hydrogens (tertiary/aromatic N) is 2. The fraction of sp³-hybridized carbons (Fsp3) is 0.429. The van der Waals surface area contributed by atoms with Gasteiger partial charge < -0.3 is 23.7 Å². The van der Waals surface area contributed by atoms with Gasteiger partial charge in [-0.3, -0.25) is 4.79 Å². The molecule has 0 saturated carbocycles. The van der Waals surface area contributed by atoms with Crippen molar-refractivity contribution in [2.24, 2.45) is 0 Å². The molecule has 2 aromatic rings. The van der Waals surface area contributed by atoms with E-state index in [9.17, 15) is 9.59 Å². The van der Waals surface area contributed by atoms with Crippen molar-refractivity contribution in [1.29, 1.82) is 0 Å². The van der Waals surface area contributed by atoms with E-state index in [2.05, 4.69) is 0 Å². The monoisotopic (exact) mass is 384 g/mol. The van der Waals surface area contributed by atoms with Crippen molar-refractivity contribution in [3.05, 3.63) is 48.3 Å². The summed E-state index contributed by atoms with van der Waals surface area (Å²) < 4.78 is 18.6. The van der Waals surface area contributed by atoms with Gasteiger partial charge in [-0.15, -0.1) is 0 Å². The number of rotatable bonds is 3. The smallest absolute Gasteiger partial charge is 0.354 e. The number of hydrogen-bond donors (Lipinski definition) is 0. The summed E-state index contributed by atoms with van der Waals surface area (Å²) in [7, 11) is 1.38. The Balaban J connectivity index is 1.41. The average Bonchev–Trinajstić information content (AvgIpc) is 3.22. The van der Waals surface area contributed by atoms with Crippen molar-refractivity contribution < 1.29 is 23.8 Å². The van der Waals surface area contributed by atoms with Gasteiger partial charge in [-0.25, -0.2) is 4.79 Å². The molecule has 2 atom stereocenters. The number of hydrogen-bond acceptors (Lipinski definition) is 5. The minimum atomic E-state index is -0.649. The lowest BCUT2D eigenvalue weighted by Gasteiger charge is -2.38. The molecule has 7 nitrogen and oxygen atoms in total. The van der Waals surface area contributed by atoms with Gasteiger partial charge in [0.05, 0.1) is 7.11 Å². The predicted octanol–water partition coefficient (Wildman–Crippen LogP) is 2.67. The lowest BCUT2D eigenvalue weighted by atomic mass is 10.0. The molecule has 0 bridgehead atoms. The van der Waals surface area contributed by atoms with Gasteiger partial charge in [-0.05, 0) is 44.0 Å². The summed E-state index contributed by atoms with van der Waals surface area (Å²) in [6.07, 6.45) is 2.43. The first-order valence-corrected chi connectivity index (χ1v) is 9.54. The third kappa shape index (κ3) is 3.32. The maximum absolute atomic E-state index is 13.0. The minimum absolute atomic E-state index is 0.0545. The standard InChI is InChI=1S/C21H24N2O5/c1-14-19(28-18-8-4-3-7-17(18)27-14)20(24)22-12-9-15(10-13-22)23-11-5-6-16(23)21(25)26-2/h3-8,11,14-15,19H,9-10,12-13H2,1-2H3. The Labute approximate surface area is 163 Å². The van der Waals surface area contributed by atoms with E-state index in [0.717, 1.165) is 12.8 Å². The highest BCUT2D eigenvalue weighted by atomic mass is 16.6. The van der Waals surface area contributed by atoms with E-state index in [0.29, 0.717) is 30.3 Å². The van der Waals surface area contributed by atoms with E-state index in [1.165, 1.54) is 7.11 Å². The van der Waals surface area contributed by atoms with Crippen molar-refractivity contribution >= 4 is 11.9 Å². The van der Waals surface area contributed by atoms with E-state index in [-0.39, 0.29) is 24.0 Å². The van der Waals surface area contributed by atoms with Gasteiger partial charge in [-0.2, -0.15) is 0 Å². The lowest BCUT2D eigenvalue weighted by Crippen LogP contribution is -2.52. The van der Waals surface area contributed by atoms with E-state index >= 15 is 0 Å². The highest BCUT2D eigenvalue weighted by Gasteiger charge is 2.38. The third-order valence-corrected chi connectivity index (χ3v) is 5.43. The Morgan fingerprint density at radius 1 is 1.04 bits per heavy atom. The van der Waals surface area contributed by atoms with Gasteiger partial charge in [-0.1, -0.05) is 12.1 Å². The van der Waals surface area contributed by atoms with Crippen LogP contribution in [0.25, 0.3) is 0 Å². The zero-order chi connectivity index (χ0) is 19.7. The third-order valence-electron chi connectivity index (χ3n) is 5.43. The second-order valence-electron chi connectivity index (χ2n) is 7.16. The SMILES string of the molecule is COC(=O)c1cccn1C1CCN(C(=O)C2Oc3ccccc3OC2C)CC1. The first-order chi connectivity index (χ1) is 13.6. The number of para-hydroxylation sites is 2. The van der Waals surface area contributed by atoms with Gasteiger partial charge in [0.25, 0.3) is 5.91 Å². The molecule has 148 valence electrons. The van der Waals surface area contributed by atoms with Crippen LogP contribution in [0.2, 0.25) is 0 Å². The number of carbonyl (C=O) groups is 2. The van der Waals surface area contributed by atoms with Gasteiger partial charge in [0.2, 0.25) is 6.10 Å². The van der Waals surface area contributed by atoms with Crippen LogP contribution in [-0.2, 0) is 9.53 Å². The van der Waals surface area contributed by atoms with Crippen molar-refractivity contribution in [1.82, 2.24) is 9.47 Å². The van der Waals surface area contributed by atoms with Crippen LogP contribution in [0.4, 0.5) is 0 Å². The number of carbonyl (C=O) groups excluding carboxylic acids is 2. The average molecular weight is 384 g/mol. The van der Waals surface area contributed by atoms with Gasteiger partial charge in [0.1, 0.15) is 11.8 Å². The molecule has 1 fully saturated rings. The molecule has 4 rings (SSSR count). The topological polar surface area (TPSA) is 70.0 Å². The number of benzene rings is 1. The molecule has 1 amide bonds. The Hall–Kier alpha value is -2.96. The zero-order valence-electron chi connectivity index (χ0n) is 16.0. The molecule has 7 heteroatoms. The summed E-state index contributed by atoms with van der Waals surface area (Å²) >= 11 is 0. The summed E-state index contributed by atoms with van der Waals surface area (Å²) in [6, 6.07) is 11.2. The maximum atomic E-state index is 13.0. The van der Waals surface area contributed by atoms with E-state index in [4.69, 9.17) is 14.2 Å². The molecular weight excluding hydrogens is 360 g/mol. The van der Waals surface area contributed by atoms with Gasteiger partial charge in [0.15, 0.2) is 11.5 Å². The number of amides is 1. The number of ether oxygens (including phenoxy) is 3. The molecule has 1 saturated heterocycles. The van der Waals surface area contributed by atoms with Crippen LogP contribution in [-0.4, -0.2) is 53.8 Å². The molecule has 2 unspecified atom stereocenters. The molecule has 28 heavy (non-hydrogen) atoms. The Morgan fingerprint density at radius 3 is 2.39 bits per heavy atom. The van der Waals surface area contributed by atoms with Crippen LogP contribution < -0.4 is 9.47 Å². The molecule has 0 N–H and O–H groups in total. The van der Waals surface area contributed by atoms with Crippen molar-refractivity contribution in [3.63, 3.8) is 0 Å². The van der Waals surface area contributed by atoms with Crippen molar-refractivity contribution in [2.45, 2.75) is 38.0 Å². The number of piperidine rings is 1. The predicted molar refractivity (Wildman–Crippen MR) is 102 cm³/mol. The molecule has 2 aliphatic rings. The molecule has 1 aromatic carbocycles. The molecule has 2 aliphatic heterocycles. The van der Waals surface area contributed by atoms with Crippen LogP contribution >= 0.6 is 0 Å².